The predicted octanol–water partition coefficient (Wildman–Crippen LogP) is 2.05. The molecule has 1 saturated carbocycles. The van der Waals surface area contributed by atoms with Crippen LogP contribution < -0.4 is 10.0 Å². The summed E-state index contributed by atoms with van der Waals surface area (Å²) in [5, 5.41) is 11.1. The lowest BCUT2D eigenvalue weighted by atomic mass is 10.0. The molecule has 1 N–H and O–H groups in total. The van der Waals surface area contributed by atoms with Crippen LogP contribution in [-0.2, 0) is 4.74 Å². The van der Waals surface area contributed by atoms with Crippen LogP contribution in [0.5, 0.6) is 5.75 Å². The molecule has 0 heterocycles. The van der Waals surface area contributed by atoms with E-state index in [1.807, 2.05) is 18.2 Å². The second-order valence-electron chi connectivity index (χ2n) is 4.83. The van der Waals surface area contributed by atoms with Gasteiger partial charge in [0.25, 0.3) is 0 Å². The first-order valence-corrected chi connectivity index (χ1v) is 6.97. The van der Waals surface area contributed by atoms with Crippen molar-refractivity contribution in [3.05, 3.63) is 23.8 Å². The third-order valence-corrected chi connectivity index (χ3v) is 3.67. The molecular weight excluding hydrogens is 247 g/mol. The van der Waals surface area contributed by atoms with Gasteiger partial charge in [-0.25, -0.2) is 0 Å². The highest BCUT2D eigenvalue weighted by Crippen LogP contribution is 2.37. The van der Waals surface area contributed by atoms with Gasteiger partial charge < -0.3 is 14.6 Å². The Hall–Kier alpha value is -0.630. The van der Waals surface area contributed by atoms with E-state index >= 15 is 0 Å². The van der Waals surface area contributed by atoms with Gasteiger partial charge in [-0.2, -0.15) is 0 Å². The molecule has 0 aromatic heterocycles. The van der Waals surface area contributed by atoms with Crippen molar-refractivity contribution in [3.8, 4) is 5.75 Å². The monoisotopic (exact) mass is 268 g/mol. The van der Waals surface area contributed by atoms with E-state index in [-0.39, 0.29) is 6.10 Å². The van der Waals surface area contributed by atoms with E-state index in [0.717, 1.165) is 29.0 Å². The molecule has 18 heavy (non-hydrogen) atoms. The molecule has 0 radical (unpaired) electrons. The molecule has 100 valence electrons. The average Bonchev–Trinajstić information content (AvgIpc) is 3.15. The fourth-order valence-electron chi connectivity index (χ4n) is 1.95. The standard InChI is InChI=1S/C14H21O3P/c1-16-6-7-17-13-5-4-11(9-14(13)18)12(15)8-10-2-3-10/h4-5,9-10,12,15H,2-3,6-8,18H2,1H3. The van der Waals surface area contributed by atoms with Crippen molar-refractivity contribution < 1.29 is 14.6 Å². The lowest BCUT2D eigenvalue weighted by Crippen LogP contribution is -2.10. The van der Waals surface area contributed by atoms with E-state index in [4.69, 9.17) is 9.47 Å². The van der Waals surface area contributed by atoms with Gasteiger partial charge in [-0.1, -0.05) is 18.9 Å². The molecule has 0 amide bonds. The molecule has 0 bridgehead atoms. The summed E-state index contributed by atoms with van der Waals surface area (Å²) < 4.78 is 10.5. The van der Waals surface area contributed by atoms with Crippen molar-refractivity contribution in [2.45, 2.75) is 25.4 Å². The SMILES string of the molecule is COCCOc1ccc(C(O)CC2CC2)cc1P. The molecule has 0 spiro atoms. The van der Waals surface area contributed by atoms with Crippen LogP contribution >= 0.6 is 9.24 Å². The first-order chi connectivity index (χ1) is 8.70. The molecule has 4 heteroatoms. The third kappa shape index (κ3) is 3.94. The van der Waals surface area contributed by atoms with Crippen molar-refractivity contribution in [1.29, 1.82) is 0 Å². The van der Waals surface area contributed by atoms with Crippen LogP contribution in [0.25, 0.3) is 0 Å². The largest absolute Gasteiger partial charge is 0.491 e. The van der Waals surface area contributed by atoms with Gasteiger partial charge in [0.05, 0.1) is 12.7 Å². The van der Waals surface area contributed by atoms with Crippen LogP contribution in [-0.4, -0.2) is 25.4 Å². The first-order valence-electron chi connectivity index (χ1n) is 6.40. The Bertz CT molecular complexity index is 391. The Morgan fingerprint density at radius 2 is 2.17 bits per heavy atom. The zero-order valence-corrected chi connectivity index (χ0v) is 11.9. The highest BCUT2D eigenvalue weighted by molar-refractivity contribution is 7.27. The summed E-state index contributed by atoms with van der Waals surface area (Å²) in [7, 11) is 4.31. The Labute approximate surface area is 111 Å². The second-order valence-corrected chi connectivity index (χ2v) is 5.46. The molecule has 0 saturated heterocycles. The average molecular weight is 268 g/mol. The summed E-state index contributed by atoms with van der Waals surface area (Å²) in [6.45, 7) is 1.12. The highest BCUT2D eigenvalue weighted by atomic mass is 31.0. The molecule has 3 nitrogen and oxygen atoms in total. The molecule has 1 aromatic rings. The van der Waals surface area contributed by atoms with E-state index in [2.05, 4.69) is 9.24 Å². The predicted molar refractivity (Wildman–Crippen MR) is 75.5 cm³/mol. The molecule has 1 aliphatic carbocycles. The van der Waals surface area contributed by atoms with Crippen molar-refractivity contribution in [2.24, 2.45) is 5.92 Å². The van der Waals surface area contributed by atoms with Gasteiger partial charge in [-0.05, 0) is 30.0 Å². The van der Waals surface area contributed by atoms with Gasteiger partial charge in [0.2, 0.25) is 0 Å². The fourth-order valence-corrected chi connectivity index (χ4v) is 2.32. The number of aliphatic hydroxyl groups is 1. The van der Waals surface area contributed by atoms with Crippen LogP contribution in [0, 0.1) is 5.92 Å². The Morgan fingerprint density at radius 1 is 1.39 bits per heavy atom. The number of hydrogen-bond acceptors (Lipinski definition) is 3. The van der Waals surface area contributed by atoms with Gasteiger partial charge in [0, 0.05) is 12.4 Å². The van der Waals surface area contributed by atoms with Crippen molar-refractivity contribution in [3.63, 3.8) is 0 Å². The summed E-state index contributed by atoms with van der Waals surface area (Å²) in [5.74, 6) is 1.56. The second kappa shape index (κ2) is 6.51. The van der Waals surface area contributed by atoms with E-state index in [1.54, 1.807) is 7.11 Å². The van der Waals surface area contributed by atoms with E-state index < -0.39 is 0 Å². The molecule has 2 rings (SSSR count). The molecule has 0 aliphatic heterocycles. The first kappa shape index (κ1) is 13.8. The molecule has 1 aliphatic rings. The molecule has 2 unspecified atom stereocenters. The topological polar surface area (TPSA) is 38.7 Å². The van der Waals surface area contributed by atoms with Crippen LogP contribution in [0.3, 0.4) is 0 Å². The maximum absolute atomic E-state index is 10.1. The smallest absolute Gasteiger partial charge is 0.126 e. The fraction of sp³-hybridized carbons (Fsp3) is 0.571. The maximum atomic E-state index is 10.1. The minimum atomic E-state index is -0.343. The number of hydrogen-bond donors (Lipinski definition) is 1. The highest BCUT2D eigenvalue weighted by Gasteiger charge is 2.25. The lowest BCUT2D eigenvalue weighted by molar-refractivity contribution is 0.146. The Morgan fingerprint density at radius 3 is 2.78 bits per heavy atom. The number of rotatable bonds is 7. The van der Waals surface area contributed by atoms with E-state index in [1.165, 1.54) is 12.8 Å². The Kier molecular flexibility index (Phi) is 4.99. The van der Waals surface area contributed by atoms with Crippen LogP contribution in [0.2, 0.25) is 0 Å². The van der Waals surface area contributed by atoms with Gasteiger partial charge in [-0.3, -0.25) is 0 Å². The van der Waals surface area contributed by atoms with E-state index in [9.17, 15) is 5.11 Å². The lowest BCUT2D eigenvalue weighted by Gasteiger charge is -2.14. The number of benzene rings is 1. The quantitative estimate of drug-likeness (QED) is 0.607. The minimum absolute atomic E-state index is 0.343. The van der Waals surface area contributed by atoms with Crippen LogP contribution in [0.4, 0.5) is 0 Å². The summed E-state index contributed by atoms with van der Waals surface area (Å²) in [5.41, 5.74) is 0.978. The van der Waals surface area contributed by atoms with Crippen molar-refractivity contribution in [1.82, 2.24) is 0 Å². The minimum Gasteiger partial charge on any atom is -0.491 e. The van der Waals surface area contributed by atoms with Crippen molar-refractivity contribution >= 4 is 14.5 Å². The van der Waals surface area contributed by atoms with Crippen LogP contribution in [0.1, 0.15) is 30.9 Å². The number of ether oxygens (including phenoxy) is 2. The van der Waals surface area contributed by atoms with Crippen LogP contribution in [0.15, 0.2) is 18.2 Å². The maximum Gasteiger partial charge on any atom is 0.126 e. The zero-order valence-electron chi connectivity index (χ0n) is 10.8. The Balaban J connectivity index is 1.94. The zero-order chi connectivity index (χ0) is 13.0. The van der Waals surface area contributed by atoms with Crippen molar-refractivity contribution in [2.75, 3.05) is 20.3 Å². The van der Waals surface area contributed by atoms with Gasteiger partial charge >= 0.3 is 0 Å². The van der Waals surface area contributed by atoms with Gasteiger partial charge in [0.1, 0.15) is 12.4 Å². The normalized spacial score (nSPS) is 16.6. The molecule has 1 fully saturated rings. The summed E-state index contributed by atoms with van der Waals surface area (Å²) in [4.78, 5) is 0. The number of aliphatic hydroxyl groups excluding tert-OH is 1. The van der Waals surface area contributed by atoms with Gasteiger partial charge in [-0.15, -0.1) is 9.24 Å². The summed E-state index contributed by atoms with van der Waals surface area (Å²) in [6.07, 6.45) is 3.07. The van der Waals surface area contributed by atoms with E-state index in [0.29, 0.717) is 13.2 Å². The molecule has 2 atom stereocenters. The molecular formula is C14H21O3P. The molecule has 1 aromatic carbocycles. The third-order valence-electron chi connectivity index (χ3n) is 3.22. The summed E-state index contributed by atoms with van der Waals surface area (Å²) in [6, 6.07) is 5.85. The number of methoxy groups -OCH3 is 1. The van der Waals surface area contributed by atoms with Gasteiger partial charge in [0.15, 0.2) is 0 Å². The summed E-state index contributed by atoms with van der Waals surface area (Å²) >= 11 is 0.